The van der Waals surface area contributed by atoms with Crippen LogP contribution in [-0.4, -0.2) is 4.92 Å². The smallest absolute Gasteiger partial charge is 0.258 e. The van der Waals surface area contributed by atoms with Gasteiger partial charge in [0.25, 0.3) is 0 Å². The van der Waals surface area contributed by atoms with Crippen LogP contribution in [0.25, 0.3) is 11.1 Å². The van der Waals surface area contributed by atoms with E-state index in [2.05, 4.69) is 0 Å². The zero-order valence-electron chi connectivity index (χ0n) is 8.56. The number of halogens is 2. The van der Waals surface area contributed by atoms with Gasteiger partial charge in [0.15, 0.2) is 0 Å². The van der Waals surface area contributed by atoms with Gasteiger partial charge in [-0.2, -0.15) is 4.39 Å². The van der Waals surface area contributed by atoms with Crippen molar-refractivity contribution >= 4 is 5.69 Å². The molecule has 0 saturated carbocycles. The van der Waals surface area contributed by atoms with E-state index >= 15 is 0 Å². The topological polar surface area (TPSA) is 43.1 Å². The lowest BCUT2D eigenvalue weighted by atomic mass is 10.0. The lowest BCUT2D eigenvalue weighted by molar-refractivity contribution is -0.387. The molecule has 0 spiro atoms. The van der Waals surface area contributed by atoms with Crippen LogP contribution < -0.4 is 0 Å². The highest BCUT2D eigenvalue weighted by molar-refractivity contribution is 5.66. The van der Waals surface area contributed by atoms with Gasteiger partial charge in [-0.1, -0.05) is 30.3 Å². The Balaban J connectivity index is 2.63. The van der Waals surface area contributed by atoms with Crippen molar-refractivity contribution in [2.45, 2.75) is 0 Å². The fourth-order valence-electron chi connectivity index (χ4n) is 1.52. The van der Waals surface area contributed by atoms with Crippen LogP contribution in [-0.2, 0) is 0 Å². The summed E-state index contributed by atoms with van der Waals surface area (Å²) in [5.41, 5.74) is -0.253. The zero-order valence-corrected chi connectivity index (χ0v) is 8.56. The Kier molecular flexibility index (Phi) is 2.82. The van der Waals surface area contributed by atoms with Gasteiger partial charge in [0, 0.05) is 17.7 Å². The van der Waals surface area contributed by atoms with Crippen LogP contribution in [0.2, 0.25) is 0 Å². The average Bonchev–Trinajstić information content (AvgIpc) is 2.29. The molecule has 17 heavy (non-hydrogen) atoms. The third-order valence-corrected chi connectivity index (χ3v) is 2.32. The third-order valence-electron chi connectivity index (χ3n) is 2.32. The molecule has 0 amide bonds. The van der Waals surface area contributed by atoms with Crippen molar-refractivity contribution in [2.75, 3.05) is 0 Å². The van der Waals surface area contributed by atoms with Gasteiger partial charge in [-0.05, 0) is 5.56 Å². The molecule has 0 N–H and O–H groups in total. The highest BCUT2D eigenvalue weighted by atomic mass is 19.1. The minimum Gasteiger partial charge on any atom is -0.258 e. The predicted octanol–water partition coefficient (Wildman–Crippen LogP) is 3.54. The highest BCUT2D eigenvalue weighted by Crippen LogP contribution is 2.29. The Hall–Kier alpha value is -2.30. The van der Waals surface area contributed by atoms with Gasteiger partial charge in [-0.15, -0.1) is 0 Å². The second-order valence-corrected chi connectivity index (χ2v) is 3.41. The van der Waals surface area contributed by atoms with Crippen molar-refractivity contribution in [3.8, 4) is 11.1 Å². The molecule has 0 heterocycles. The Bertz CT molecular complexity index is 570. The fraction of sp³-hybridized carbons (Fsp3) is 0. The molecule has 86 valence electrons. The van der Waals surface area contributed by atoms with Crippen molar-refractivity contribution in [2.24, 2.45) is 0 Å². The minimum absolute atomic E-state index is 0.0127. The summed E-state index contributed by atoms with van der Waals surface area (Å²) in [6, 6.07) is 9.70. The quantitative estimate of drug-likeness (QED) is 0.590. The third kappa shape index (κ3) is 2.13. The zero-order chi connectivity index (χ0) is 12.4. The molecule has 0 aliphatic rings. The highest BCUT2D eigenvalue weighted by Gasteiger charge is 2.18. The molecule has 5 heteroatoms. The molecule has 0 radical (unpaired) electrons. The number of hydrogen-bond acceptors (Lipinski definition) is 2. The van der Waals surface area contributed by atoms with Gasteiger partial charge in [0.2, 0.25) is 5.82 Å². The largest absolute Gasteiger partial charge is 0.305 e. The Morgan fingerprint density at radius 1 is 1.00 bits per heavy atom. The van der Waals surface area contributed by atoms with Crippen LogP contribution in [0.1, 0.15) is 0 Å². The molecule has 0 aromatic heterocycles. The van der Waals surface area contributed by atoms with Crippen LogP contribution in [0, 0.1) is 21.7 Å². The number of rotatable bonds is 2. The van der Waals surface area contributed by atoms with E-state index in [1.807, 2.05) is 0 Å². The van der Waals surface area contributed by atoms with E-state index in [-0.39, 0.29) is 5.56 Å². The van der Waals surface area contributed by atoms with Crippen molar-refractivity contribution in [1.29, 1.82) is 0 Å². The molecule has 0 saturated heterocycles. The van der Waals surface area contributed by atoms with Gasteiger partial charge >= 0.3 is 5.69 Å². The maximum Gasteiger partial charge on any atom is 0.305 e. The lowest BCUT2D eigenvalue weighted by Crippen LogP contribution is -1.95. The van der Waals surface area contributed by atoms with E-state index in [1.54, 1.807) is 30.3 Å². The summed E-state index contributed by atoms with van der Waals surface area (Å²) in [6.07, 6.45) is 0. The van der Waals surface area contributed by atoms with Crippen molar-refractivity contribution in [1.82, 2.24) is 0 Å². The number of benzene rings is 2. The normalized spacial score (nSPS) is 10.2. The molecule has 0 unspecified atom stereocenters. The first-order chi connectivity index (χ1) is 8.09. The van der Waals surface area contributed by atoms with Crippen LogP contribution >= 0.6 is 0 Å². The van der Waals surface area contributed by atoms with E-state index in [9.17, 15) is 18.9 Å². The molecule has 2 rings (SSSR count). The maximum absolute atomic E-state index is 13.5. The SMILES string of the molecule is O=[N+]([O-])c1cc(-c2ccccc2)c(F)cc1F. The Morgan fingerprint density at radius 3 is 2.24 bits per heavy atom. The number of hydrogen-bond donors (Lipinski definition) is 0. The van der Waals surface area contributed by atoms with Gasteiger partial charge in [-0.25, -0.2) is 4.39 Å². The first-order valence-corrected chi connectivity index (χ1v) is 4.78. The predicted molar refractivity (Wildman–Crippen MR) is 58.4 cm³/mol. The molecule has 0 bridgehead atoms. The lowest BCUT2D eigenvalue weighted by Gasteiger charge is -2.03. The monoisotopic (exact) mass is 235 g/mol. The van der Waals surface area contributed by atoms with Gasteiger partial charge < -0.3 is 0 Å². The fourth-order valence-corrected chi connectivity index (χ4v) is 1.52. The summed E-state index contributed by atoms with van der Waals surface area (Å²) in [4.78, 5) is 9.69. The molecule has 2 aromatic carbocycles. The first-order valence-electron chi connectivity index (χ1n) is 4.78. The van der Waals surface area contributed by atoms with E-state index in [0.29, 0.717) is 11.6 Å². The van der Waals surface area contributed by atoms with Crippen molar-refractivity contribution in [3.05, 3.63) is 64.2 Å². The van der Waals surface area contributed by atoms with Crippen LogP contribution in [0.4, 0.5) is 14.5 Å². The summed E-state index contributed by atoms with van der Waals surface area (Å²) < 4.78 is 26.6. The summed E-state index contributed by atoms with van der Waals surface area (Å²) in [5.74, 6) is -1.99. The van der Waals surface area contributed by atoms with E-state index in [4.69, 9.17) is 0 Å². The second kappa shape index (κ2) is 4.29. The van der Waals surface area contributed by atoms with Crippen molar-refractivity contribution < 1.29 is 13.7 Å². The molecule has 3 nitrogen and oxygen atoms in total. The van der Waals surface area contributed by atoms with Gasteiger partial charge in [-0.3, -0.25) is 10.1 Å². The maximum atomic E-state index is 13.5. The summed E-state index contributed by atoms with van der Waals surface area (Å²) in [7, 11) is 0. The van der Waals surface area contributed by atoms with Gasteiger partial charge in [0.05, 0.1) is 4.92 Å². The molecule has 0 fully saturated rings. The summed E-state index contributed by atoms with van der Waals surface area (Å²) in [6.45, 7) is 0. The van der Waals surface area contributed by atoms with Crippen LogP contribution in [0.3, 0.4) is 0 Å². The average molecular weight is 235 g/mol. The van der Waals surface area contributed by atoms with Gasteiger partial charge in [0.1, 0.15) is 5.82 Å². The number of nitro groups is 1. The first kappa shape index (κ1) is 11.2. The molecular formula is C12H7F2NO2. The summed E-state index contributed by atoms with van der Waals surface area (Å²) >= 11 is 0. The molecular weight excluding hydrogens is 228 g/mol. The summed E-state index contributed by atoms with van der Waals surface area (Å²) in [5, 5.41) is 10.6. The molecule has 0 aliphatic heterocycles. The number of nitrogens with zero attached hydrogens (tertiary/aromatic N) is 1. The van der Waals surface area contributed by atoms with E-state index in [1.165, 1.54) is 0 Å². The Labute approximate surface area is 95.5 Å². The standard InChI is InChI=1S/C12H7F2NO2/c13-10-7-11(14)12(15(16)17)6-9(10)8-4-2-1-3-5-8/h1-7H. The second-order valence-electron chi connectivity index (χ2n) is 3.41. The van der Waals surface area contributed by atoms with Crippen molar-refractivity contribution in [3.63, 3.8) is 0 Å². The Morgan fingerprint density at radius 2 is 1.65 bits per heavy atom. The van der Waals surface area contributed by atoms with Crippen LogP contribution in [0.5, 0.6) is 0 Å². The molecule has 0 atom stereocenters. The van der Waals surface area contributed by atoms with E-state index < -0.39 is 22.2 Å². The minimum atomic E-state index is -1.17. The molecule has 2 aromatic rings. The molecule has 0 aliphatic carbocycles. The number of nitro benzene ring substituents is 1. The van der Waals surface area contributed by atoms with E-state index in [0.717, 1.165) is 6.07 Å². The van der Waals surface area contributed by atoms with Crippen LogP contribution in [0.15, 0.2) is 42.5 Å².